The van der Waals surface area contributed by atoms with Crippen molar-refractivity contribution in [2.45, 2.75) is 19.3 Å². The fourth-order valence-electron chi connectivity index (χ4n) is 7.33. The number of aromatic nitrogens is 2. The summed E-state index contributed by atoms with van der Waals surface area (Å²) in [5.41, 5.74) is 15.4. The smallest absolute Gasteiger partial charge is 0.0781 e. The van der Waals surface area contributed by atoms with Crippen LogP contribution in [-0.4, -0.2) is 15.7 Å². The average molecular weight is 642 g/mol. The summed E-state index contributed by atoms with van der Waals surface area (Å²) >= 11 is 0. The van der Waals surface area contributed by atoms with Crippen molar-refractivity contribution >= 4 is 22.3 Å². The van der Waals surface area contributed by atoms with E-state index in [-0.39, 0.29) is 0 Å². The maximum atomic E-state index is 5.30. The molecule has 0 bridgehead atoms. The molecule has 3 nitrogen and oxygen atoms in total. The molecule has 2 aliphatic rings. The molecule has 0 unspecified atom stereocenters. The molecule has 238 valence electrons. The molecule has 5 aromatic carbocycles. The van der Waals surface area contributed by atoms with E-state index in [9.17, 15) is 0 Å². The second-order valence-electron chi connectivity index (χ2n) is 13.1. The van der Waals surface area contributed by atoms with Crippen molar-refractivity contribution in [3.05, 3.63) is 175 Å². The highest BCUT2D eigenvalue weighted by Crippen LogP contribution is 2.42. The molecule has 0 N–H and O–H groups in total. The number of para-hydroxylation sites is 1. The van der Waals surface area contributed by atoms with Crippen LogP contribution >= 0.6 is 0 Å². The Morgan fingerprint density at radius 3 is 1.88 bits per heavy atom. The fraction of sp³-hybridized carbons (Fsp3) is 0.0851. The Hall–Kier alpha value is -6.19. The number of benzene rings is 5. The van der Waals surface area contributed by atoms with Gasteiger partial charge in [-0.1, -0.05) is 140 Å². The lowest BCUT2D eigenvalue weighted by Crippen LogP contribution is -2.20. The zero-order chi connectivity index (χ0) is 33.3. The van der Waals surface area contributed by atoms with Crippen LogP contribution in [0.1, 0.15) is 18.4 Å². The molecule has 0 radical (unpaired) electrons. The molecule has 1 atom stereocenters. The molecule has 0 saturated heterocycles. The van der Waals surface area contributed by atoms with E-state index < -0.39 is 0 Å². The molecule has 3 heterocycles. The first-order chi connectivity index (χ1) is 24.8. The molecular formula is C47H35N3. The first-order valence-electron chi connectivity index (χ1n) is 17.4. The molecule has 0 saturated carbocycles. The van der Waals surface area contributed by atoms with Crippen LogP contribution in [0.5, 0.6) is 0 Å². The van der Waals surface area contributed by atoms with Gasteiger partial charge < -0.3 is 0 Å². The third kappa shape index (κ3) is 5.77. The average Bonchev–Trinajstić information content (AvgIpc) is 3.18. The van der Waals surface area contributed by atoms with Crippen molar-refractivity contribution in [2.75, 3.05) is 0 Å². The van der Waals surface area contributed by atoms with E-state index in [2.05, 4.69) is 158 Å². The molecule has 2 aromatic heterocycles. The lowest BCUT2D eigenvalue weighted by Gasteiger charge is -2.26. The molecule has 50 heavy (non-hydrogen) atoms. The van der Waals surface area contributed by atoms with Crippen molar-refractivity contribution in [2.24, 2.45) is 10.9 Å². The minimum Gasteiger partial charge on any atom is -0.252 e. The Morgan fingerprint density at radius 1 is 0.500 bits per heavy atom. The van der Waals surface area contributed by atoms with E-state index in [1.165, 1.54) is 22.4 Å². The lowest BCUT2D eigenvalue weighted by molar-refractivity contribution is 0.624. The summed E-state index contributed by atoms with van der Waals surface area (Å²) in [6, 6.07) is 51.4. The van der Waals surface area contributed by atoms with Crippen LogP contribution in [0.2, 0.25) is 0 Å². The molecule has 9 rings (SSSR count). The van der Waals surface area contributed by atoms with Gasteiger partial charge in [0.05, 0.1) is 28.3 Å². The highest BCUT2D eigenvalue weighted by atomic mass is 14.8. The zero-order valence-electron chi connectivity index (χ0n) is 27.7. The molecule has 7 aromatic rings. The Bertz CT molecular complexity index is 2380. The molecule has 3 heteroatoms. The normalized spacial score (nSPS) is 15.1. The third-order valence-corrected chi connectivity index (χ3v) is 9.92. The number of hydrogen-bond acceptors (Lipinski definition) is 3. The molecule has 1 aliphatic heterocycles. The predicted octanol–water partition coefficient (Wildman–Crippen LogP) is 12.1. The first kappa shape index (κ1) is 29.9. The molecule has 0 amide bonds. The van der Waals surface area contributed by atoms with Crippen molar-refractivity contribution in [3.63, 3.8) is 0 Å². The van der Waals surface area contributed by atoms with Crippen LogP contribution in [-0.2, 0) is 6.42 Å². The Balaban J connectivity index is 1.10. The SMILES string of the molecule is C1=CCC[C@H]2Cc3c(-c4cccc(-c5ccc(-c6cc(-c7ccccc7)nc(-c7ccccc7)c6)cc5)c4)nc4ccccc4c3N=C2C=C1. The van der Waals surface area contributed by atoms with E-state index in [4.69, 9.17) is 15.0 Å². The summed E-state index contributed by atoms with van der Waals surface area (Å²) in [5, 5.41) is 1.12. The van der Waals surface area contributed by atoms with E-state index in [0.717, 1.165) is 80.8 Å². The second-order valence-corrected chi connectivity index (χ2v) is 13.1. The highest BCUT2D eigenvalue weighted by molar-refractivity contribution is 6.06. The molecule has 0 spiro atoms. The minimum atomic E-state index is 0.388. The number of allylic oxidation sites excluding steroid dienone is 4. The summed E-state index contributed by atoms with van der Waals surface area (Å²) in [6.07, 6.45) is 11.8. The number of fused-ring (bicyclic) bond motifs is 4. The van der Waals surface area contributed by atoms with Gasteiger partial charge in [-0.15, -0.1) is 0 Å². The molecular weight excluding hydrogens is 607 g/mol. The van der Waals surface area contributed by atoms with E-state index in [1.807, 2.05) is 12.1 Å². The largest absolute Gasteiger partial charge is 0.252 e. The van der Waals surface area contributed by atoms with Crippen LogP contribution in [0.4, 0.5) is 5.69 Å². The standard InChI is InChI=1S/C47H35N3/c1-2-10-22-42-37(18-5-1)29-41-46(50-43-23-12-11-21-40(43)47(41)49-42)38-20-13-19-36(28-38)32-24-26-33(27-25-32)39-30-44(34-14-6-3-7-15-34)48-45(31-39)35-16-8-4-9-17-35/h1-4,6-17,19-28,30-31,37H,5,18,29H2/t37-/m0/s1. The van der Waals surface area contributed by atoms with E-state index >= 15 is 0 Å². The quantitative estimate of drug-likeness (QED) is 0.188. The number of pyridine rings is 2. The Morgan fingerprint density at radius 2 is 1.14 bits per heavy atom. The zero-order valence-corrected chi connectivity index (χ0v) is 27.7. The Labute approximate surface area is 293 Å². The van der Waals surface area contributed by atoms with Gasteiger partial charge in [-0.25, -0.2) is 9.97 Å². The van der Waals surface area contributed by atoms with Gasteiger partial charge in [0, 0.05) is 39.3 Å². The minimum absolute atomic E-state index is 0.388. The topological polar surface area (TPSA) is 38.1 Å². The van der Waals surface area contributed by atoms with Gasteiger partial charge in [-0.05, 0) is 71.9 Å². The predicted molar refractivity (Wildman–Crippen MR) is 209 cm³/mol. The van der Waals surface area contributed by atoms with Crippen molar-refractivity contribution in [3.8, 4) is 56.0 Å². The third-order valence-electron chi connectivity index (χ3n) is 9.92. The van der Waals surface area contributed by atoms with Crippen molar-refractivity contribution in [1.82, 2.24) is 9.97 Å². The monoisotopic (exact) mass is 641 g/mol. The van der Waals surface area contributed by atoms with Gasteiger partial charge in [0.1, 0.15) is 0 Å². The fourth-order valence-corrected chi connectivity index (χ4v) is 7.33. The number of rotatable bonds is 5. The Kier molecular flexibility index (Phi) is 7.79. The van der Waals surface area contributed by atoms with Gasteiger partial charge >= 0.3 is 0 Å². The van der Waals surface area contributed by atoms with E-state index in [0.29, 0.717) is 5.92 Å². The molecule has 0 fully saturated rings. The maximum Gasteiger partial charge on any atom is 0.0781 e. The van der Waals surface area contributed by atoms with Crippen LogP contribution in [0.25, 0.3) is 66.9 Å². The summed E-state index contributed by atoms with van der Waals surface area (Å²) in [6.45, 7) is 0. The maximum absolute atomic E-state index is 5.30. The molecule has 1 aliphatic carbocycles. The summed E-state index contributed by atoms with van der Waals surface area (Å²) in [7, 11) is 0. The first-order valence-corrected chi connectivity index (χ1v) is 17.4. The van der Waals surface area contributed by atoms with Gasteiger partial charge in [0.15, 0.2) is 0 Å². The van der Waals surface area contributed by atoms with E-state index in [1.54, 1.807) is 0 Å². The van der Waals surface area contributed by atoms with Gasteiger partial charge in [0.25, 0.3) is 0 Å². The van der Waals surface area contributed by atoms with Gasteiger partial charge in [-0.3, -0.25) is 4.99 Å². The van der Waals surface area contributed by atoms with Gasteiger partial charge in [-0.2, -0.15) is 0 Å². The summed E-state index contributed by atoms with van der Waals surface area (Å²) < 4.78 is 0. The second kappa shape index (κ2) is 13.0. The number of hydrogen-bond donors (Lipinski definition) is 0. The summed E-state index contributed by atoms with van der Waals surface area (Å²) in [5.74, 6) is 0.388. The van der Waals surface area contributed by atoms with Crippen LogP contribution < -0.4 is 0 Å². The highest BCUT2D eigenvalue weighted by Gasteiger charge is 2.27. The van der Waals surface area contributed by atoms with Crippen LogP contribution in [0.15, 0.2) is 175 Å². The lowest BCUT2D eigenvalue weighted by atomic mass is 9.83. The summed E-state index contributed by atoms with van der Waals surface area (Å²) in [4.78, 5) is 15.7. The van der Waals surface area contributed by atoms with Crippen LogP contribution in [0.3, 0.4) is 0 Å². The van der Waals surface area contributed by atoms with Crippen molar-refractivity contribution < 1.29 is 0 Å². The number of aliphatic imine (C=N–C) groups is 1. The number of nitrogens with zero attached hydrogens (tertiary/aromatic N) is 3. The van der Waals surface area contributed by atoms with Crippen molar-refractivity contribution in [1.29, 1.82) is 0 Å². The van der Waals surface area contributed by atoms with Gasteiger partial charge in [0.2, 0.25) is 0 Å². The van der Waals surface area contributed by atoms with Crippen LogP contribution in [0, 0.1) is 5.92 Å².